The van der Waals surface area contributed by atoms with E-state index in [1.807, 2.05) is 13.0 Å². The number of rotatable bonds is 2. The number of aromatic amines is 1. The number of hydrogen-bond acceptors (Lipinski definition) is 5. The fourth-order valence-corrected chi connectivity index (χ4v) is 3.13. The first-order chi connectivity index (χ1) is 10.1. The molecule has 0 bridgehead atoms. The molecule has 104 valence electrons. The third-order valence-electron chi connectivity index (χ3n) is 2.84. The van der Waals surface area contributed by atoms with Crippen molar-refractivity contribution < 1.29 is 4.39 Å². The topological polar surface area (TPSA) is 78.2 Å². The molecule has 0 amide bonds. The molecule has 0 aliphatic heterocycles. The smallest absolute Gasteiger partial charge is 0.192 e. The van der Waals surface area contributed by atoms with Gasteiger partial charge in [0.2, 0.25) is 0 Å². The highest BCUT2D eigenvalue weighted by atomic mass is 79.9. The SMILES string of the molecule is Cc1sc(-c2ccc(F)c(Br)c2)nc1-c1n[nH]nc1C#N. The molecule has 0 atom stereocenters. The number of nitrogens with one attached hydrogen (secondary N) is 1. The van der Waals surface area contributed by atoms with Gasteiger partial charge in [0.15, 0.2) is 11.4 Å². The monoisotopic (exact) mass is 363 g/mol. The van der Waals surface area contributed by atoms with Crippen molar-refractivity contribution in [1.29, 1.82) is 5.26 Å². The molecule has 2 heterocycles. The number of aromatic nitrogens is 4. The molecule has 1 aromatic carbocycles. The Balaban J connectivity index is 2.10. The molecule has 5 nitrogen and oxygen atoms in total. The Labute approximate surface area is 131 Å². The van der Waals surface area contributed by atoms with Crippen LogP contribution in [0.25, 0.3) is 22.0 Å². The molecule has 0 fully saturated rings. The van der Waals surface area contributed by atoms with Crippen molar-refractivity contribution in [2.45, 2.75) is 6.92 Å². The molecule has 2 aromatic heterocycles. The first kappa shape index (κ1) is 13.9. The van der Waals surface area contributed by atoms with Crippen LogP contribution in [-0.4, -0.2) is 20.4 Å². The van der Waals surface area contributed by atoms with E-state index in [4.69, 9.17) is 5.26 Å². The second-order valence-electron chi connectivity index (χ2n) is 4.19. The Morgan fingerprint density at radius 2 is 2.14 bits per heavy atom. The average molecular weight is 364 g/mol. The largest absolute Gasteiger partial charge is 0.234 e. The van der Waals surface area contributed by atoms with Crippen molar-refractivity contribution in [3.63, 3.8) is 0 Å². The maximum atomic E-state index is 13.3. The van der Waals surface area contributed by atoms with Crippen molar-refractivity contribution in [2.75, 3.05) is 0 Å². The van der Waals surface area contributed by atoms with Crippen molar-refractivity contribution in [3.8, 4) is 28.0 Å². The van der Waals surface area contributed by atoms with E-state index in [-0.39, 0.29) is 11.5 Å². The Morgan fingerprint density at radius 1 is 1.33 bits per heavy atom. The maximum absolute atomic E-state index is 13.3. The van der Waals surface area contributed by atoms with Crippen LogP contribution in [0.15, 0.2) is 22.7 Å². The van der Waals surface area contributed by atoms with E-state index in [1.165, 1.54) is 17.4 Å². The van der Waals surface area contributed by atoms with Crippen LogP contribution in [-0.2, 0) is 0 Å². The minimum Gasteiger partial charge on any atom is -0.234 e. The molecule has 8 heteroatoms. The van der Waals surface area contributed by atoms with Gasteiger partial charge in [-0.15, -0.1) is 16.4 Å². The first-order valence-corrected chi connectivity index (χ1v) is 7.45. The van der Waals surface area contributed by atoms with Gasteiger partial charge in [-0.3, -0.25) is 0 Å². The van der Waals surface area contributed by atoms with E-state index in [0.717, 1.165) is 15.4 Å². The summed E-state index contributed by atoms with van der Waals surface area (Å²) in [5.74, 6) is -0.324. The van der Waals surface area contributed by atoms with Crippen LogP contribution in [0.3, 0.4) is 0 Å². The van der Waals surface area contributed by atoms with Crippen molar-refractivity contribution in [2.24, 2.45) is 0 Å². The van der Waals surface area contributed by atoms with Crippen LogP contribution in [0.1, 0.15) is 10.6 Å². The Kier molecular flexibility index (Phi) is 3.53. The fourth-order valence-electron chi connectivity index (χ4n) is 1.84. The molecule has 1 N–H and O–H groups in total. The van der Waals surface area contributed by atoms with Crippen LogP contribution in [0.2, 0.25) is 0 Å². The summed E-state index contributed by atoms with van der Waals surface area (Å²) in [6.07, 6.45) is 0. The van der Waals surface area contributed by atoms with Crippen LogP contribution in [0.4, 0.5) is 4.39 Å². The summed E-state index contributed by atoms with van der Waals surface area (Å²) < 4.78 is 13.7. The zero-order valence-corrected chi connectivity index (χ0v) is 13.1. The predicted octanol–water partition coefficient (Wildman–Crippen LogP) is 3.68. The van der Waals surface area contributed by atoms with Crippen LogP contribution in [0.5, 0.6) is 0 Å². The lowest BCUT2D eigenvalue weighted by Crippen LogP contribution is -1.86. The second-order valence-corrected chi connectivity index (χ2v) is 6.24. The lowest BCUT2D eigenvalue weighted by atomic mass is 10.2. The van der Waals surface area contributed by atoms with Gasteiger partial charge in [0.25, 0.3) is 0 Å². The highest BCUT2D eigenvalue weighted by molar-refractivity contribution is 9.10. The Bertz CT molecular complexity index is 864. The number of thiazole rings is 1. The van der Waals surface area contributed by atoms with Crippen LogP contribution < -0.4 is 0 Å². The summed E-state index contributed by atoms with van der Waals surface area (Å²) in [4.78, 5) is 5.42. The minimum absolute atomic E-state index is 0.204. The number of aryl methyl sites for hydroxylation is 1. The van der Waals surface area contributed by atoms with E-state index in [0.29, 0.717) is 15.9 Å². The van der Waals surface area contributed by atoms with E-state index >= 15 is 0 Å². The van der Waals surface area contributed by atoms with Gasteiger partial charge in [0, 0.05) is 10.4 Å². The van der Waals surface area contributed by atoms with E-state index in [1.54, 1.807) is 12.1 Å². The molecule has 0 unspecified atom stereocenters. The average Bonchev–Trinajstić information content (AvgIpc) is 3.07. The molecule has 0 saturated heterocycles. The number of nitrogens with zero attached hydrogens (tertiary/aromatic N) is 4. The summed E-state index contributed by atoms with van der Waals surface area (Å²) in [7, 11) is 0. The number of H-pyrrole nitrogens is 1. The van der Waals surface area contributed by atoms with Crippen molar-refractivity contribution in [3.05, 3.63) is 39.1 Å². The molecule has 0 radical (unpaired) electrons. The molecule has 0 aliphatic rings. The Hall–Kier alpha value is -2.11. The minimum atomic E-state index is -0.324. The van der Waals surface area contributed by atoms with Gasteiger partial charge in [-0.1, -0.05) is 0 Å². The van der Waals surface area contributed by atoms with E-state index < -0.39 is 0 Å². The van der Waals surface area contributed by atoms with Crippen molar-refractivity contribution in [1.82, 2.24) is 20.4 Å². The van der Waals surface area contributed by atoms with Crippen molar-refractivity contribution >= 4 is 27.3 Å². The molecule has 21 heavy (non-hydrogen) atoms. The highest BCUT2D eigenvalue weighted by Gasteiger charge is 2.18. The van der Waals surface area contributed by atoms with Crippen LogP contribution in [0, 0.1) is 24.1 Å². The third kappa shape index (κ3) is 2.46. The van der Waals surface area contributed by atoms with Gasteiger partial charge < -0.3 is 0 Å². The lowest BCUT2D eigenvalue weighted by Gasteiger charge is -1.98. The summed E-state index contributed by atoms with van der Waals surface area (Å²) in [6, 6.07) is 6.69. The molecule has 0 saturated carbocycles. The summed E-state index contributed by atoms with van der Waals surface area (Å²) >= 11 is 4.62. The van der Waals surface area contributed by atoms with Gasteiger partial charge in [-0.05, 0) is 41.1 Å². The first-order valence-electron chi connectivity index (χ1n) is 5.84. The van der Waals surface area contributed by atoms with E-state index in [2.05, 4.69) is 36.3 Å². The van der Waals surface area contributed by atoms with Gasteiger partial charge in [-0.2, -0.15) is 15.6 Å². The van der Waals surface area contributed by atoms with Gasteiger partial charge in [-0.25, -0.2) is 9.37 Å². The Morgan fingerprint density at radius 3 is 2.86 bits per heavy atom. The normalized spacial score (nSPS) is 10.6. The number of nitriles is 1. The number of hydrogen-bond donors (Lipinski definition) is 1. The van der Waals surface area contributed by atoms with E-state index in [9.17, 15) is 4.39 Å². The predicted molar refractivity (Wildman–Crippen MR) is 80.0 cm³/mol. The molecule has 3 rings (SSSR count). The maximum Gasteiger partial charge on any atom is 0.192 e. The summed E-state index contributed by atoms with van der Waals surface area (Å²) in [5, 5.41) is 19.9. The van der Waals surface area contributed by atoms with Gasteiger partial charge >= 0.3 is 0 Å². The standard InChI is InChI=1S/C13H7BrFN5S/c1-6-11(12-10(5-16)18-20-19-12)17-13(21-6)7-2-3-9(15)8(14)4-7/h2-4H,1H3,(H,18,19,20). The number of benzene rings is 1. The van der Waals surface area contributed by atoms with Crippen LogP contribution >= 0.6 is 27.3 Å². The quantitative estimate of drug-likeness (QED) is 0.753. The zero-order valence-electron chi connectivity index (χ0n) is 10.7. The molecule has 0 spiro atoms. The molecular formula is C13H7BrFN5S. The lowest BCUT2D eigenvalue weighted by molar-refractivity contribution is 0.621. The molecular weight excluding hydrogens is 357 g/mol. The third-order valence-corrected chi connectivity index (χ3v) is 4.47. The van der Waals surface area contributed by atoms with Gasteiger partial charge in [0.1, 0.15) is 22.6 Å². The summed E-state index contributed by atoms with van der Waals surface area (Å²) in [6.45, 7) is 1.89. The number of halogens is 2. The zero-order chi connectivity index (χ0) is 15.0. The molecule has 3 aromatic rings. The summed E-state index contributed by atoms with van der Waals surface area (Å²) in [5.41, 5.74) is 2.04. The second kappa shape index (κ2) is 5.35. The fraction of sp³-hybridized carbons (Fsp3) is 0.0769. The highest BCUT2D eigenvalue weighted by Crippen LogP contribution is 2.34. The molecule has 0 aliphatic carbocycles. The van der Waals surface area contributed by atoms with Gasteiger partial charge in [0.05, 0.1) is 4.47 Å².